The van der Waals surface area contributed by atoms with E-state index in [2.05, 4.69) is 31.9 Å². The van der Waals surface area contributed by atoms with Gasteiger partial charge in [-0.1, -0.05) is 74.9 Å². The maximum atomic E-state index is 13.7. The van der Waals surface area contributed by atoms with Crippen LogP contribution in [-0.2, 0) is 6.61 Å². The maximum absolute atomic E-state index is 13.7. The number of fused-ring (bicyclic) bond motifs is 1. The first-order valence-corrected chi connectivity index (χ1v) is 14.4. The Labute approximate surface area is 242 Å². The van der Waals surface area contributed by atoms with Crippen LogP contribution < -0.4 is 15.0 Å². The summed E-state index contributed by atoms with van der Waals surface area (Å²) in [6.45, 7) is 0.314. The molecule has 1 saturated carbocycles. The van der Waals surface area contributed by atoms with Crippen molar-refractivity contribution in [3.05, 3.63) is 95.9 Å². The highest BCUT2D eigenvalue weighted by Crippen LogP contribution is 2.35. The molecule has 0 saturated heterocycles. The van der Waals surface area contributed by atoms with Crippen LogP contribution in [0.2, 0.25) is 5.02 Å². The van der Waals surface area contributed by atoms with Gasteiger partial charge in [0, 0.05) is 25.4 Å². The molecule has 0 unspecified atom stereocenters. The number of rotatable bonds is 7. The van der Waals surface area contributed by atoms with Crippen LogP contribution in [0.4, 0.5) is 0 Å². The summed E-state index contributed by atoms with van der Waals surface area (Å²) in [5.41, 5.74) is 2.11. The van der Waals surface area contributed by atoms with Crippen molar-refractivity contribution in [3.8, 4) is 11.5 Å². The van der Waals surface area contributed by atoms with Gasteiger partial charge in [0.1, 0.15) is 12.4 Å². The van der Waals surface area contributed by atoms with Gasteiger partial charge < -0.3 is 9.47 Å². The smallest absolute Gasteiger partial charge is 0.282 e. The van der Waals surface area contributed by atoms with Crippen molar-refractivity contribution in [2.45, 2.75) is 44.6 Å². The second-order valence-corrected chi connectivity index (χ2v) is 11.5. The molecule has 0 aliphatic heterocycles. The number of halogens is 3. The molecular weight excluding hydrogens is 634 g/mol. The normalized spacial score (nSPS) is 14.3. The zero-order chi connectivity index (χ0) is 26.6. The Morgan fingerprint density at radius 2 is 1.82 bits per heavy atom. The summed E-state index contributed by atoms with van der Waals surface area (Å²) >= 11 is 13.1. The Morgan fingerprint density at radius 3 is 2.55 bits per heavy atom. The number of hydrogen-bond donors (Lipinski definition) is 0. The Kier molecular flexibility index (Phi) is 8.51. The molecule has 38 heavy (non-hydrogen) atoms. The first-order chi connectivity index (χ1) is 18.4. The third-order valence-corrected chi connectivity index (χ3v) is 7.88. The van der Waals surface area contributed by atoms with Gasteiger partial charge in [0.15, 0.2) is 11.5 Å². The highest BCUT2D eigenvalue weighted by Gasteiger charge is 2.23. The Morgan fingerprint density at radius 1 is 1.05 bits per heavy atom. The number of hydrogen-bond acceptors (Lipinski definition) is 5. The van der Waals surface area contributed by atoms with E-state index in [1.54, 1.807) is 19.4 Å². The summed E-state index contributed by atoms with van der Waals surface area (Å²) < 4.78 is 14.9. The van der Waals surface area contributed by atoms with Crippen LogP contribution in [0.15, 0.2) is 73.4 Å². The van der Waals surface area contributed by atoms with Crippen LogP contribution >= 0.6 is 43.5 Å². The van der Waals surface area contributed by atoms with Gasteiger partial charge in [-0.3, -0.25) is 4.79 Å². The van der Waals surface area contributed by atoms with E-state index in [-0.39, 0.29) is 11.5 Å². The van der Waals surface area contributed by atoms with Crippen molar-refractivity contribution in [3.63, 3.8) is 0 Å². The van der Waals surface area contributed by atoms with Gasteiger partial charge in [-0.15, -0.1) is 0 Å². The summed E-state index contributed by atoms with van der Waals surface area (Å²) in [4.78, 5) is 18.6. The molecule has 3 aromatic carbocycles. The van der Waals surface area contributed by atoms with Crippen LogP contribution in [0.5, 0.6) is 11.5 Å². The first kappa shape index (κ1) is 26.9. The SMILES string of the molecule is COc1cc(Br)cc(C=Nn2c(C3CCCCC3)nc3ccc(Br)cc3c2=O)c1OCc1ccc(Cl)cc1. The van der Waals surface area contributed by atoms with E-state index >= 15 is 0 Å². The lowest BCUT2D eigenvalue weighted by Gasteiger charge is -2.23. The van der Waals surface area contributed by atoms with Crippen molar-refractivity contribution < 1.29 is 9.47 Å². The van der Waals surface area contributed by atoms with Gasteiger partial charge in [0.2, 0.25) is 0 Å². The fraction of sp³-hybridized carbons (Fsp3) is 0.276. The Hall–Kier alpha value is -2.68. The maximum Gasteiger partial charge on any atom is 0.282 e. The van der Waals surface area contributed by atoms with Crippen molar-refractivity contribution in [1.29, 1.82) is 0 Å². The summed E-state index contributed by atoms with van der Waals surface area (Å²) in [7, 11) is 1.59. The average molecular weight is 660 g/mol. The van der Waals surface area contributed by atoms with Crippen molar-refractivity contribution in [2.75, 3.05) is 7.11 Å². The molecule has 1 fully saturated rings. The van der Waals surface area contributed by atoms with Gasteiger partial charge in [0.25, 0.3) is 5.56 Å². The topological polar surface area (TPSA) is 65.7 Å². The highest BCUT2D eigenvalue weighted by molar-refractivity contribution is 9.10. The van der Waals surface area contributed by atoms with Gasteiger partial charge in [0.05, 0.1) is 24.2 Å². The van der Waals surface area contributed by atoms with E-state index in [1.807, 2.05) is 48.5 Å². The van der Waals surface area contributed by atoms with Crippen LogP contribution in [0.1, 0.15) is 55.0 Å². The molecule has 6 nitrogen and oxygen atoms in total. The molecule has 0 bridgehead atoms. The molecule has 196 valence electrons. The third-order valence-electron chi connectivity index (χ3n) is 6.68. The van der Waals surface area contributed by atoms with Crippen LogP contribution in [0, 0.1) is 0 Å². The van der Waals surface area contributed by atoms with Crippen LogP contribution in [-0.4, -0.2) is 23.0 Å². The van der Waals surface area contributed by atoms with Crippen LogP contribution in [0.3, 0.4) is 0 Å². The largest absolute Gasteiger partial charge is 0.493 e. The van der Waals surface area contributed by atoms with Crippen LogP contribution in [0.25, 0.3) is 10.9 Å². The Balaban J connectivity index is 1.58. The zero-order valence-electron chi connectivity index (χ0n) is 20.8. The number of nitrogens with zero attached hydrogens (tertiary/aromatic N) is 3. The predicted molar refractivity (Wildman–Crippen MR) is 159 cm³/mol. The fourth-order valence-corrected chi connectivity index (χ4v) is 5.69. The molecule has 1 aromatic heterocycles. The van der Waals surface area contributed by atoms with E-state index in [4.69, 9.17) is 31.2 Å². The molecule has 1 heterocycles. The van der Waals surface area contributed by atoms with E-state index in [9.17, 15) is 4.79 Å². The minimum atomic E-state index is -0.196. The molecule has 0 N–H and O–H groups in total. The van der Waals surface area contributed by atoms with Gasteiger partial charge in [-0.25, -0.2) is 4.98 Å². The standard InChI is InChI=1S/C29H26Br2ClN3O3/c1-37-26-15-22(31)13-20(27(26)38-17-18-7-10-23(32)11-8-18)16-33-35-28(19-5-3-2-4-6-19)34-25-12-9-21(30)14-24(25)29(35)36/h7-16,19H,2-6,17H2,1H3. The number of methoxy groups -OCH3 is 1. The minimum Gasteiger partial charge on any atom is -0.493 e. The second-order valence-electron chi connectivity index (χ2n) is 9.27. The lowest BCUT2D eigenvalue weighted by Crippen LogP contribution is -2.25. The molecule has 0 atom stereocenters. The highest BCUT2D eigenvalue weighted by atomic mass is 79.9. The molecular formula is C29H26Br2ClN3O3. The minimum absolute atomic E-state index is 0.180. The number of benzene rings is 3. The molecule has 1 aliphatic rings. The van der Waals surface area contributed by atoms with Gasteiger partial charge >= 0.3 is 0 Å². The average Bonchev–Trinajstić information content (AvgIpc) is 2.93. The van der Waals surface area contributed by atoms with Crippen molar-refractivity contribution in [1.82, 2.24) is 9.66 Å². The molecule has 0 amide bonds. The summed E-state index contributed by atoms with van der Waals surface area (Å²) in [6.07, 6.45) is 7.07. The quantitative estimate of drug-likeness (QED) is 0.188. The van der Waals surface area contributed by atoms with Gasteiger partial charge in [-0.2, -0.15) is 9.78 Å². The lowest BCUT2D eigenvalue weighted by atomic mass is 9.88. The van der Waals surface area contributed by atoms with E-state index in [0.717, 1.165) is 40.2 Å². The van der Waals surface area contributed by atoms with Crippen molar-refractivity contribution >= 4 is 60.6 Å². The summed E-state index contributed by atoms with van der Waals surface area (Å²) in [5.74, 6) is 1.96. The second kappa shape index (κ2) is 12.0. The third kappa shape index (κ3) is 5.98. The zero-order valence-corrected chi connectivity index (χ0v) is 24.7. The fourth-order valence-electron chi connectivity index (χ4n) is 4.75. The molecule has 0 spiro atoms. The monoisotopic (exact) mass is 657 g/mol. The Bertz CT molecular complexity index is 1550. The number of aromatic nitrogens is 2. The van der Waals surface area contributed by atoms with E-state index in [0.29, 0.717) is 45.4 Å². The lowest BCUT2D eigenvalue weighted by molar-refractivity contribution is 0.284. The molecule has 0 radical (unpaired) electrons. The molecule has 9 heteroatoms. The molecule has 5 rings (SSSR count). The molecule has 1 aliphatic carbocycles. The van der Waals surface area contributed by atoms with E-state index in [1.165, 1.54) is 11.1 Å². The molecule has 4 aromatic rings. The number of ether oxygens (including phenoxy) is 2. The predicted octanol–water partition coefficient (Wildman–Crippen LogP) is 8.09. The summed E-state index contributed by atoms with van der Waals surface area (Å²) in [5, 5.41) is 5.88. The van der Waals surface area contributed by atoms with Crippen molar-refractivity contribution in [2.24, 2.45) is 5.10 Å². The summed E-state index contributed by atoms with van der Waals surface area (Å²) in [6, 6.07) is 16.8. The van der Waals surface area contributed by atoms with E-state index < -0.39 is 0 Å². The first-order valence-electron chi connectivity index (χ1n) is 12.4. The van der Waals surface area contributed by atoms with Gasteiger partial charge in [-0.05, 0) is 60.9 Å².